The number of aliphatic hydroxyl groups is 1. The normalized spacial score (nSPS) is 19.9. The lowest BCUT2D eigenvalue weighted by Crippen LogP contribution is -2.60. The van der Waals surface area contributed by atoms with Crippen LogP contribution in [0.15, 0.2) is 42.5 Å². The van der Waals surface area contributed by atoms with Crippen molar-refractivity contribution in [3.05, 3.63) is 69.2 Å². The molecule has 12 heteroatoms. The highest BCUT2D eigenvalue weighted by atomic mass is 35.5. The lowest BCUT2D eigenvalue weighted by molar-refractivity contribution is -0.155. The van der Waals surface area contributed by atoms with Crippen LogP contribution in [0.25, 0.3) is 0 Å². The number of carbonyl (C=O) groups is 3. The third-order valence-corrected chi connectivity index (χ3v) is 8.03. The molecule has 1 fully saturated rings. The Balaban J connectivity index is 1.80. The molecule has 212 valence electrons. The van der Waals surface area contributed by atoms with Gasteiger partial charge in [-0.3, -0.25) is 14.4 Å². The Morgan fingerprint density at radius 2 is 1.54 bits per heavy atom. The van der Waals surface area contributed by atoms with Crippen molar-refractivity contribution in [3.8, 4) is 0 Å². The molecule has 0 bridgehead atoms. The zero-order valence-corrected chi connectivity index (χ0v) is 24.7. The zero-order chi connectivity index (χ0) is 29.3. The van der Waals surface area contributed by atoms with Crippen LogP contribution in [0, 0.1) is 11.3 Å². The highest BCUT2D eigenvalue weighted by molar-refractivity contribution is 7.89. The molecule has 39 heavy (non-hydrogen) atoms. The second-order valence-corrected chi connectivity index (χ2v) is 13.5. The van der Waals surface area contributed by atoms with Crippen molar-refractivity contribution in [1.29, 1.82) is 0 Å². The fourth-order valence-corrected chi connectivity index (χ4v) is 5.60. The van der Waals surface area contributed by atoms with Crippen LogP contribution in [0.2, 0.25) is 10.0 Å². The first-order chi connectivity index (χ1) is 17.9. The number of rotatable bonds is 7. The van der Waals surface area contributed by atoms with E-state index in [2.05, 4.69) is 5.32 Å². The Kier molecular flexibility index (Phi) is 9.06. The second kappa shape index (κ2) is 11.4. The van der Waals surface area contributed by atoms with E-state index in [4.69, 9.17) is 23.2 Å². The first-order valence-corrected chi connectivity index (χ1v) is 15.0. The third-order valence-electron chi connectivity index (χ3n) is 7.00. The highest BCUT2D eigenvalue weighted by Gasteiger charge is 2.50. The molecule has 1 heterocycles. The average molecular weight is 599 g/mol. The number of amides is 3. The Morgan fingerprint density at radius 1 is 0.974 bits per heavy atom. The zero-order valence-electron chi connectivity index (χ0n) is 22.4. The molecule has 1 saturated heterocycles. The van der Waals surface area contributed by atoms with Gasteiger partial charge in [0.1, 0.15) is 6.04 Å². The minimum absolute atomic E-state index is 0.00399. The molecule has 0 radical (unpaired) electrons. The van der Waals surface area contributed by atoms with Crippen LogP contribution in [0.4, 0.5) is 0 Å². The summed E-state index contributed by atoms with van der Waals surface area (Å²) in [6.45, 7) is 7.89. The maximum Gasteiger partial charge on any atom is 0.264 e. The van der Waals surface area contributed by atoms with E-state index in [1.165, 1.54) is 18.2 Å². The maximum atomic E-state index is 13.6. The topological polar surface area (TPSA) is 133 Å². The number of benzene rings is 2. The fraction of sp³-hybridized carbons (Fsp3) is 0.444. The number of hydrogen-bond donors (Lipinski definition) is 3. The van der Waals surface area contributed by atoms with Gasteiger partial charge >= 0.3 is 0 Å². The van der Waals surface area contributed by atoms with E-state index in [0.717, 1.165) is 11.8 Å². The number of sulfonamides is 1. The van der Waals surface area contributed by atoms with Crippen molar-refractivity contribution in [2.24, 2.45) is 11.3 Å². The van der Waals surface area contributed by atoms with E-state index in [0.29, 0.717) is 11.4 Å². The van der Waals surface area contributed by atoms with E-state index < -0.39 is 38.9 Å². The molecule has 0 saturated carbocycles. The molecule has 2 atom stereocenters. The standard InChI is InChI=1S/C27H33Cl2N3O6S/c1-16(2)22(30-23(33)17-12-18(14-21(29)13-17)24(34)31-39(5,37)38)25(35)32-11-10-27(36,26(3,4)15-32)19-6-8-20(28)9-7-19/h6-9,12-14,16,22,36H,10-11,15H2,1-5H3,(H,30,33)(H,31,34)/t22-,27+/m1/s1. The van der Waals surface area contributed by atoms with E-state index >= 15 is 0 Å². The molecule has 1 aliphatic heterocycles. The summed E-state index contributed by atoms with van der Waals surface area (Å²) in [5.41, 5.74) is -1.31. The summed E-state index contributed by atoms with van der Waals surface area (Å²) in [5.74, 6) is -2.17. The van der Waals surface area contributed by atoms with Crippen LogP contribution in [-0.2, 0) is 20.4 Å². The molecule has 3 rings (SSSR count). The SMILES string of the molecule is CC(C)[C@@H](NC(=O)c1cc(Cl)cc(C(=O)NS(C)(=O)=O)c1)C(=O)N1CC[C@](O)(c2ccc(Cl)cc2)C(C)(C)C1. The lowest BCUT2D eigenvalue weighted by atomic mass is 9.66. The molecule has 0 unspecified atom stereocenters. The van der Waals surface area contributed by atoms with E-state index in [1.807, 2.05) is 18.6 Å². The molecule has 3 N–H and O–H groups in total. The van der Waals surface area contributed by atoms with Crippen molar-refractivity contribution in [2.75, 3.05) is 19.3 Å². The number of nitrogens with zero attached hydrogens (tertiary/aromatic N) is 1. The minimum atomic E-state index is -3.83. The van der Waals surface area contributed by atoms with Gasteiger partial charge in [-0.1, -0.05) is 63.0 Å². The van der Waals surface area contributed by atoms with Gasteiger partial charge in [-0.2, -0.15) is 0 Å². The van der Waals surface area contributed by atoms with Crippen LogP contribution < -0.4 is 10.0 Å². The molecular weight excluding hydrogens is 565 g/mol. The predicted octanol–water partition coefficient (Wildman–Crippen LogP) is 3.58. The molecule has 2 aromatic carbocycles. The monoisotopic (exact) mass is 597 g/mol. The Labute approximate surface area is 238 Å². The molecular formula is C27H33Cl2N3O6S. The molecule has 9 nitrogen and oxygen atoms in total. The molecule has 3 amide bonds. The van der Waals surface area contributed by atoms with Crippen molar-refractivity contribution in [2.45, 2.75) is 45.8 Å². The number of nitrogens with one attached hydrogen (secondary N) is 2. The van der Waals surface area contributed by atoms with Crippen molar-refractivity contribution in [3.63, 3.8) is 0 Å². The van der Waals surface area contributed by atoms with E-state index in [-0.39, 0.29) is 41.1 Å². The van der Waals surface area contributed by atoms with Gasteiger partial charge in [-0.25, -0.2) is 13.1 Å². The smallest absolute Gasteiger partial charge is 0.264 e. The van der Waals surface area contributed by atoms with Gasteiger partial charge in [0.25, 0.3) is 11.8 Å². The number of hydrogen-bond acceptors (Lipinski definition) is 6. The van der Waals surface area contributed by atoms with Crippen LogP contribution in [-0.4, -0.2) is 61.5 Å². The van der Waals surface area contributed by atoms with Crippen molar-refractivity contribution < 1.29 is 27.9 Å². The van der Waals surface area contributed by atoms with Gasteiger partial charge in [0.15, 0.2) is 0 Å². The maximum absolute atomic E-state index is 13.6. The number of piperidine rings is 1. The number of halogens is 2. The summed E-state index contributed by atoms with van der Waals surface area (Å²) >= 11 is 12.1. The van der Waals surface area contributed by atoms with Gasteiger partial charge in [-0.05, 0) is 48.2 Å². The van der Waals surface area contributed by atoms with Crippen molar-refractivity contribution in [1.82, 2.24) is 14.9 Å². The summed E-state index contributed by atoms with van der Waals surface area (Å²) in [6.07, 6.45) is 1.12. The lowest BCUT2D eigenvalue weighted by Gasteiger charge is -2.51. The Hall–Kier alpha value is -2.66. The second-order valence-electron chi connectivity index (χ2n) is 10.9. The summed E-state index contributed by atoms with van der Waals surface area (Å²) in [6, 6.07) is 9.88. The van der Waals surface area contributed by atoms with Crippen LogP contribution in [0.3, 0.4) is 0 Å². The van der Waals surface area contributed by atoms with Crippen LogP contribution in [0.1, 0.15) is 60.4 Å². The van der Waals surface area contributed by atoms with E-state index in [9.17, 15) is 27.9 Å². The van der Waals surface area contributed by atoms with Crippen LogP contribution in [0.5, 0.6) is 0 Å². The van der Waals surface area contributed by atoms with Gasteiger partial charge in [0, 0.05) is 39.7 Å². The quantitative estimate of drug-likeness (QED) is 0.447. The van der Waals surface area contributed by atoms with Gasteiger partial charge < -0.3 is 15.3 Å². The molecule has 2 aromatic rings. The van der Waals surface area contributed by atoms with Crippen LogP contribution >= 0.6 is 23.2 Å². The summed E-state index contributed by atoms with van der Waals surface area (Å²) in [7, 11) is -3.83. The Morgan fingerprint density at radius 3 is 2.05 bits per heavy atom. The summed E-state index contributed by atoms with van der Waals surface area (Å²) < 4.78 is 24.7. The average Bonchev–Trinajstić information content (AvgIpc) is 2.82. The predicted molar refractivity (Wildman–Crippen MR) is 150 cm³/mol. The van der Waals surface area contributed by atoms with Gasteiger partial charge in [0.2, 0.25) is 15.9 Å². The minimum Gasteiger partial charge on any atom is -0.384 e. The highest BCUT2D eigenvalue weighted by Crippen LogP contribution is 2.46. The summed E-state index contributed by atoms with van der Waals surface area (Å²) in [4.78, 5) is 40.7. The van der Waals surface area contributed by atoms with E-state index in [1.54, 1.807) is 43.0 Å². The number of likely N-dealkylation sites (tertiary alicyclic amines) is 1. The first-order valence-electron chi connectivity index (χ1n) is 12.3. The first kappa shape index (κ1) is 30.9. The largest absolute Gasteiger partial charge is 0.384 e. The third kappa shape index (κ3) is 7.11. The molecule has 0 aromatic heterocycles. The fourth-order valence-electron chi connectivity index (χ4n) is 4.78. The molecule has 0 aliphatic carbocycles. The molecule has 0 spiro atoms. The molecule has 1 aliphatic rings. The van der Waals surface area contributed by atoms with Crippen molar-refractivity contribution >= 4 is 50.9 Å². The number of carbonyl (C=O) groups excluding carboxylic acids is 3. The summed E-state index contributed by atoms with van der Waals surface area (Å²) in [5, 5.41) is 15.0. The Bertz CT molecular complexity index is 1380. The van der Waals surface area contributed by atoms with Gasteiger partial charge in [0.05, 0.1) is 11.9 Å². The van der Waals surface area contributed by atoms with Gasteiger partial charge in [-0.15, -0.1) is 0 Å².